The average molecular weight is 236 g/mol. The zero-order chi connectivity index (χ0) is 12.5. The molecule has 0 aliphatic carbocycles. The number of fused-ring (bicyclic) bond motifs is 1. The van der Waals surface area contributed by atoms with Gasteiger partial charge in [-0.3, -0.25) is 4.90 Å². The lowest BCUT2D eigenvalue weighted by molar-refractivity contribution is 0.135. The SMILES string of the molecule is CC(C)(C)N1Cc2cnc(NCCO)nc2C1. The fourth-order valence-corrected chi connectivity index (χ4v) is 1.88. The molecule has 0 saturated heterocycles. The van der Waals surface area contributed by atoms with Crippen molar-refractivity contribution in [2.75, 3.05) is 18.5 Å². The molecule has 1 aliphatic heterocycles. The van der Waals surface area contributed by atoms with E-state index in [1.165, 1.54) is 5.56 Å². The Morgan fingerprint density at radius 1 is 1.41 bits per heavy atom. The lowest BCUT2D eigenvalue weighted by Crippen LogP contribution is -2.36. The number of nitrogens with one attached hydrogen (secondary N) is 1. The first kappa shape index (κ1) is 12.3. The highest BCUT2D eigenvalue weighted by Gasteiger charge is 2.29. The van der Waals surface area contributed by atoms with E-state index in [1.807, 2.05) is 6.20 Å². The standard InChI is InChI=1S/C12H20N4O/c1-12(2,3)16-7-9-6-14-11(13-4-5-17)15-10(9)8-16/h6,17H,4-5,7-8H2,1-3H3,(H,13,14,15). The summed E-state index contributed by atoms with van der Waals surface area (Å²) in [6.07, 6.45) is 1.88. The predicted molar refractivity (Wildman–Crippen MR) is 66.6 cm³/mol. The molecule has 0 fully saturated rings. The minimum atomic E-state index is 0.0918. The molecule has 0 radical (unpaired) electrons. The molecule has 1 aromatic rings. The van der Waals surface area contributed by atoms with E-state index in [0.717, 1.165) is 18.8 Å². The van der Waals surface area contributed by atoms with Crippen LogP contribution in [0.1, 0.15) is 32.0 Å². The van der Waals surface area contributed by atoms with Crippen LogP contribution < -0.4 is 5.32 Å². The van der Waals surface area contributed by atoms with Crippen molar-refractivity contribution in [1.29, 1.82) is 0 Å². The molecule has 5 nitrogen and oxygen atoms in total. The normalized spacial score (nSPS) is 16.0. The van der Waals surface area contributed by atoms with Crippen molar-refractivity contribution in [2.45, 2.75) is 39.4 Å². The lowest BCUT2D eigenvalue weighted by atomic mass is 10.1. The van der Waals surface area contributed by atoms with Crippen LogP contribution in [0.4, 0.5) is 5.95 Å². The van der Waals surface area contributed by atoms with E-state index >= 15 is 0 Å². The van der Waals surface area contributed by atoms with Gasteiger partial charge in [0.25, 0.3) is 0 Å². The van der Waals surface area contributed by atoms with Crippen LogP contribution in [0.3, 0.4) is 0 Å². The molecule has 0 amide bonds. The topological polar surface area (TPSA) is 61.3 Å². The molecule has 2 rings (SSSR count). The van der Waals surface area contributed by atoms with Gasteiger partial charge < -0.3 is 10.4 Å². The Bertz CT molecular complexity index is 400. The molecule has 2 heterocycles. The molecule has 1 aromatic heterocycles. The van der Waals surface area contributed by atoms with Crippen LogP contribution in [0.25, 0.3) is 0 Å². The zero-order valence-electron chi connectivity index (χ0n) is 10.7. The first-order valence-electron chi connectivity index (χ1n) is 5.95. The highest BCUT2D eigenvalue weighted by Crippen LogP contribution is 2.27. The van der Waals surface area contributed by atoms with Gasteiger partial charge in [-0.15, -0.1) is 0 Å². The summed E-state index contributed by atoms with van der Waals surface area (Å²) in [6, 6.07) is 0. The Hall–Kier alpha value is -1.20. The third-order valence-electron chi connectivity index (χ3n) is 3.00. The number of aliphatic hydroxyl groups excluding tert-OH is 1. The van der Waals surface area contributed by atoms with Gasteiger partial charge in [-0.25, -0.2) is 9.97 Å². The molecule has 0 spiro atoms. The summed E-state index contributed by atoms with van der Waals surface area (Å²) < 4.78 is 0. The third-order valence-corrected chi connectivity index (χ3v) is 3.00. The maximum Gasteiger partial charge on any atom is 0.222 e. The molecule has 1 aliphatic rings. The summed E-state index contributed by atoms with van der Waals surface area (Å²) in [5.74, 6) is 0.605. The minimum absolute atomic E-state index is 0.0918. The van der Waals surface area contributed by atoms with Gasteiger partial charge in [-0.1, -0.05) is 0 Å². The monoisotopic (exact) mass is 236 g/mol. The maximum atomic E-state index is 8.74. The number of nitrogens with zero attached hydrogens (tertiary/aromatic N) is 3. The number of rotatable bonds is 3. The minimum Gasteiger partial charge on any atom is -0.395 e. The maximum absolute atomic E-state index is 8.74. The van der Waals surface area contributed by atoms with Crippen LogP contribution in [0.2, 0.25) is 0 Å². The summed E-state index contributed by atoms with van der Waals surface area (Å²) in [4.78, 5) is 11.1. The van der Waals surface area contributed by atoms with Crippen LogP contribution in [0.15, 0.2) is 6.20 Å². The third kappa shape index (κ3) is 2.73. The summed E-state index contributed by atoms with van der Waals surface area (Å²) in [5.41, 5.74) is 2.45. The Morgan fingerprint density at radius 3 is 2.82 bits per heavy atom. The van der Waals surface area contributed by atoms with Gasteiger partial charge in [-0.05, 0) is 20.8 Å². The van der Waals surface area contributed by atoms with Crippen molar-refractivity contribution in [3.63, 3.8) is 0 Å². The molecule has 2 N–H and O–H groups in total. The van der Waals surface area contributed by atoms with Crippen molar-refractivity contribution in [3.8, 4) is 0 Å². The molecule has 0 atom stereocenters. The van der Waals surface area contributed by atoms with Crippen molar-refractivity contribution in [1.82, 2.24) is 14.9 Å². The Morgan fingerprint density at radius 2 is 2.18 bits per heavy atom. The second-order valence-electron chi connectivity index (χ2n) is 5.34. The second kappa shape index (κ2) is 4.58. The predicted octanol–water partition coefficient (Wildman–Crippen LogP) is 0.995. The molecular formula is C12H20N4O. The molecule has 0 bridgehead atoms. The Labute approximate surface area is 102 Å². The second-order valence-corrected chi connectivity index (χ2v) is 5.34. The van der Waals surface area contributed by atoms with Crippen molar-refractivity contribution >= 4 is 5.95 Å². The molecule has 0 unspecified atom stereocenters. The van der Waals surface area contributed by atoms with Gasteiger partial charge in [0.2, 0.25) is 5.95 Å². The number of hydrogen-bond acceptors (Lipinski definition) is 5. The first-order valence-corrected chi connectivity index (χ1v) is 5.95. The van der Waals surface area contributed by atoms with Crippen LogP contribution in [0.5, 0.6) is 0 Å². The first-order chi connectivity index (χ1) is 8.00. The fraction of sp³-hybridized carbons (Fsp3) is 0.667. The van der Waals surface area contributed by atoms with Gasteiger partial charge in [0.05, 0.1) is 12.3 Å². The highest BCUT2D eigenvalue weighted by atomic mass is 16.3. The summed E-state index contributed by atoms with van der Waals surface area (Å²) in [6.45, 7) is 8.98. The summed E-state index contributed by atoms with van der Waals surface area (Å²) in [5, 5.41) is 11.7. The van der Waals surface area contributed by atoms with E-state index < -0.39 is 0 Å². The van der Waals surface area contributed by atoms with Crippen LogP contribution in [-0.2, 0) is 13.1 Å². The van der Waals surface area contributed by atoms with E-state index in [0.29, 0.717) is 12.5 Å². The Kier molecular flexibility index (Phi) is 3.31. The Balaban J connectivity index is 2.11. The van der Waals surface area contributed by atoms with Gasteiger partial charge in [-0.2, -0.15) is 0 Å². The molecule has 0 saturated carbocycles. The molecule has 94 valence electrons. The number of hydrogen-bond donors (Lipinski definition) is 2. The van der Waals surface area contributed by atoms with E-state index in [1.54, 1.807) is 0 Å². The van der Waals surface area contributed by atoms with Crippen molar-refractivity contribution in [2.24, 2.45) is 0 Å². The highest BCUT2D eigenvalue weighted by molar-refractivity contribution is 5.31. The van der Waals surface area contributed by atoms with Gasteiger partial charge in [0.1, 0.15) is 0 Å². The van der Waals surface area contributed by atoms with Crippen molar-refractivity contribution in [3.05, 3.63) is 17.5 Å². The molecular weight excluding hydrogens is 216 g/mol. The number of anilines is 1. The summed E-state index contributed by atoms with van der Waals surface area (Å²) in [7, 11) is 0. The molecule has 5 heteroatoms. The van der Waals surface area contributed by atoms with Crippen LogP contribution in [0, 0.1) is 0 Å². The van der Waals surface area contributed by atoms with E-state index in [9.17, 15) is 0 Å². The van der Waals surface area contributed by atoms with E-state index in [-0.39, 0.29) is 12.1 Å². The molecule has 17 heavy (non-hydrogen) atoms. The average Bonchev–Trinajstić information content (AvgIpc) is 2.68. The largest absolute Gasteiger partial charge is 0.395 e. The fourth-order valence-electron chi connectivity index (χ4n) is 1.88. The van der Waals surface area contributed by atoms with Crippen molar-refractivity contribution < 1.29 is 5.11 Å². The summed E-state index contributed by atoms with van der Waals surface area (Å²) >= 11 is 0. The quantitative estimate of drug-likeness (QED) is 0.819. The molecule has 0 aromatic carbocycles. The van der Waals surface area contributed by atoms with Gasteiger partial charge in [0, 0.05) is 36.9 Å². The lowest BCUT2D eigenvalue weighted by Gasteiger charge is -2.30. The number of aliphatic hydroxyl groups is 1. The van der Waals surface area contributed by atoms with Crippen LogP contribution in [-0.4, -0.2) is 38.7 Å². The zero-order valence-corrected chi connectivity index (χ0v) is 10.7. The smallest absolute Gasteiger partial charge is 0.222 e. The van der Waals surface area contributed by atoms with E-state index in [4.69, 9.17) is 5.11 Å². The van der Waals surface area contributed by atoms with Gasteiger partial charge in [0.15, 0.2) is 0 Å². The van der Waals surface area contributed by atoms with Crippen LogP contribution >= 0.6 is 0 Å². The van der Waals surface area contributed by atoms with Gasteiger partial charge >= 0.3 is 0 Å². The number of aromatic nitrogens is 2. The van der Waals surface area contributed by atoms with E-state index in [2.05, 4.69) is 41.0 Å².